The number of morpholine rings is 1. The van der Waals surface area contributed by atoms with Crippen LogP contribution in [0.5, 0.6) is 5.75 Å². The number of methoxy groups -OCH3 is 1. The van der Waals surface area contributed by atoms with Gasteiger partial charge in [0.1, 0.15) is 27.7 Å². The van der Waals surface area contributed by atoms with Gasteiger partial charge in [-0.05, 0) is 92.9 Å². The molecule has 0 atom stereocenters. The van der Waals surface area contributed by atoms with E-state index < -0.39 is 11.7 Å². The van der Waals surface area contributed by atoms with Crippen LogP contribution in [0.25, 0.3) is 45.3 Å². The van der Waals surface area contributed by atoms with E-state index in [0.717, 1.165) is 68.4 Å². The highest BCUT2D eigenvalue weighted by atomic mass is 19.4. The van der Waals surface area contributed by atoms with Gasteiger partial charge in [0.05, 0.1) is 42.4 Å². The molecule has 0 N–H and O–H groups in total. The van der Waals surface area contributed by atoms with Gasteiger partial charge < -0.3 is 33.0 Å². The van der Waals surface area contributed by atoms with Gasteiger partial charge in [0.15, 0.2) is 27.6 Å². The van der Waals surface area contributed by atoms with Crippen molar-refractivity contribution in [3.8, 4) is 28.3 Å². The number of hydrogen-bond acceptors (Lipinski definition) is 11. The molecule has 4 aliphatic heterocycles. The van der Waals surface area contributed by atoms with Crippen LogP contribution in [0.15, 0.2) is 90.4 Å². The molecule has 0 radical (unpaired) electrons. The van der Waals surface area contributed by atoms with Crippen LogP contribution in [0, 0.1) is 31.5 Å². The van der Waals surface area contributed by atoms with Crippen LogP contribution in [0.2, 0.25) is 0 Å². The lowest BCUT2D eigenvalue weighted by Gasteiger charge is -2.35. The first kappa shape index (κ1) is 42.4. The van der Waals surface area contributed by atoms with Gasteiger partial charge in [-0.1, -0.05) is 24.3 Å². The highest BCUT2D eigenvalue weighted by Crippen LogP contribution is 2.41. The minimum Gasteiger partial charge on any atom is -0.496 e. The maximum absolute atomic E-state index is 14.9. The standard InChI is InChI=1S/C51H48F3N5O6/c1-28-29(2)47(60)44(36-13-12-35(27-41(36)62-5)59-20-22-63-23-21-59)50-45(28)56-39-25-31(6-15-40(39)64-50)24-37-30(3)46-49(65-42-26-33(51(52,53)54)9-14-38(42)55-46)43(48(37)61)32-7-10-34(11-8-32)58-18-16-57(4)17-19-58/h6-7,9-13,15,25-27H,8,14,16-24H2,1-5H3. The van der Waals surface area contributed by atoms with E-state index in [2.05, 4.69) is 27.8 Å². The third-order valence-corrected chi connectivity index (χ3v) is 13.4. The van der Waals surface area contributed by atoms with Gasteiger partial charge in [0, 0.05) is 86.3 Å². The first-order valence-electron chi connectivity index (χ1n) is 21.9. The van der Waals surface area contributed by atoms with E-state index in [1.54, 1.807) is 20.1 Å². The Kier molecular flexibility index (Phi) is 10.8. The molecule has 0 aromatic heterocycles. The van der Waals surface area contributed by atoms with Crippen molar-refractivity contribution in [3.63, 3.8) is 0 Å². The third-order valence-electron chi connectivity index (χ3n) is 13.4. The normalized spacial score (nSPS) is 18.0. The number of nitrogens with zero attached hydrogens (tertiary/aromatic N) is 5. The fourth-order valence-corrected chi connectivity index (χ4v) is 9.43. The van der Waals surface area contributed by atoms with Gasteiger partial charge in [0.25, 0.3) is 0 Å². The second kappa shape index (κ2) is 16.5. The van der Waals surface area contributed by atoms with Crippen LogP contribution < -0.4 is 31.1 Å². The lowest BCUT2D eigenvalue weighted by atomic mass is 9.92. The zero-order valence-corrected chi connectivity index (χ0v) is 36.9. The third kappa shape index (κ3) is 7.61. The van der Waals surface area contributed by atoms with Crippen LogP contribution in [-0.4, -0.2) is 92.6 Å². The Labute approximate surface area is 372 Å². The van der Waals surface area contributed by atoms with E-state index in [0.29, 0.717) is 97.9 Å². The lowest BCUT2D eigenvalue weighted by molar-refractivity contribution is -0.0869. The molecule has 2 fully saturated rings. The van der Waals surface area contributed by atoms with Crippen molar-refractivity contribution in [2.24, 2.45) is 0 Å². The molecule has 11 nitrogen and oxygen atoms in total. The summed E-state index contributed by atoms with van der Waals surface area (Å²) in [7, 11) is 3.69. The Bertz CT molecular complexity index is 3320. The van der Waals surface area contributed by atoms with Crippen molar-refractivity contribution in [2.75, 3.05) is 71.5 Å². The Balaban J connectivity index is 1.09. The molecular weight excluding hydrogens is 836 g/mol. The number of hydrogen-bond donors (Lipinski definition) is 0. The van der Waals surface area contributed by atoms with Gasteiger partial charge in [-0.2, -0.15) is 13.2 Å². The molecule has 0 saturated carbocycles. The fraction of sp³-hybridized carbons (Fsp3) is 0.333. The minimum atomic E-state index is -4.56. The van der Waals surface area contributed by atoms with Crippen molar-refractivity contribution < 1.29 is 31.5 Å². The summed E-state index contributed by atoms with van der Waals surface area (Å²) in [5.41, 5.74) is 7.60. The molecule has 0 bridgehead atoms. The number of piperazine rings is 1. The Hall–Kier alpha value is -6.51. The smallest absolute Gasteiger partial charge is 0.416 e. The van der Waals surface area contributed by atoms with Gasteiger partial charge in [-0.3, -0.25) is 9.59 Å². The van der Waals surface area contributed by atoms with Crippen molar-refractivity contribution in [1.82, 2.24) is 19.8 Å². The van der Waals surface area contributed by atoms with Crippen molar-refractivity contribution in [3.05, 3.63) is 147 Å². The van der Waals surface area contributed by atoms with Crippen LogP contribution in [0.3, 0.4) is 0 Å². The predicted octanol–water partition coefficient (Wildman–Crippen LogP) is 6.46. The lowest BCUT2D eigenvalue weighted by Crippen LogP contribution is -2.43. The Morgan fingerprint density at radius 3 is 2.32 bits per heavy atom. The summed E-state index contributed by atoms with van der Waals surface area (Å²) >= 11 is 0. The average molecular weight is 884 g/mol. The Morgan fingerprint density at radius 2 is 1.60 bits per heavy atom. The number of fused-ring (bicyclic) bond motifs is 3. The minimum absolute atomic E-state index is 0.00741. The fourth-order valence-electron chi connectivity index (χ4n) is 9.43. The van der Waals surface area contributed by atoms with Gasteiger partial charge >= 0.3 is 6.18 Å². The monoisotopic (exact) mass is 883 g/mol. The predicted molar refractivity (Wildman–Crippen MR) is 243 cm³/mol. The molecule has 334 valence electrons. The molecular formula is C51H48F3N5O6. The molecule has 0 amide bonds. The molecule has 2 aromatic carbocycles. The van der Waals surface area contributed by atoms with E-state index >= 15 is 0 Å². The molecule has 65 heavy (non-hydrogen) atoms. The van der Waals surface area contributed by atoms with Crippen molar-refractivity contribution in [1.29, 1.82) is 0 Å². The summed E-state index contributed by atoms with van der Waals surface area (Å²) < 4.78 is 65.9. The summed E-state index contributed by atoms with van der Waals surface area (Å²) in [6, 6.07) is 11.4. The maximum atomic E-state index is 14.9. The average Bonchev–Trinajstić information content (AvgIpc) is 3.31. The highest BCUT2D eigenvalue weighted by molar-refractivity contribution is 5.89. The zero-order valence-electron chi connectivity index (χ0n) is 36.9. The summed E-state index contributed by atoms with van der Waals surface area (Å²) in [5.74, 6) is 0.888. The summed E-state index contributed by atoms with van der Waals surface area (Å²) in [4.78, 5) is 45.9. The molecule has 4 heterocycles. The first-order valence-corrected chi connectivity index (χ1v) is 21.9. The van der Waals surface area contributed by atoms with E-state index in [1.807, 2.05) is 56.3 Å². The number of likely N-dealkylation sites (N-methyl/N-ethyl adjacent to an activating group) is 1. The topological polar surface area (TPSA) is 114 Å². The number of anilines is 1. The highest BCUT2D eigenvalue weighted by Gasteiger charge is 2.34. The molecule has 0 unspecified atom stereocenters. The van der Waals surface area contributed by atoms with Crippen LogP contribution in [0.1, 0.15) is 39.9 Å². The van der Waals surface area contributed by atoms with E-state index in [-0.39, 0.29) is 39.7 Å². The molecule has 8 aliphatic rings. The second-order valence-corrected chi connectivity index (χ2v) is 17.3. The summed E-state index contributed by atoms with van der Waals surface area (Å²) in [5, 5.41) is 0.721. The van der Waals surface area contributed by atoms with Crippen LogP contribution >= 0.6 is 0 Å². The second-order valence-electron chi connectivity index (χ2n) is 17.3. The molecule has 14 heteroatoms. The molecule has 2 aromatic rings. The van der Waals surface area contributed by atoms with Gasteiger partial charge in [0.2, 0.25) is 0 Å². The van der Waals surface area contributed by atoms with E-state index in [1.165, 1.54) is 0 Å². The number of alkyl halides is 3. The molecule has 2 saturated heterocycles. The number of allylic oxidation sites excluding steroid dienone is 5. The number of rotatable bonds is 6. The number of benzene rings is 3. The Morgan fingerprint density at radius 1 is 0.815 bits per heavy atom. The van der Waals surface area contributed by atoms with Crippen molar-refractivity contribution in [2.45, 2.75) is 46.2 Å². The van der Waals surface area contributed by atoms with Crippen LogP contribution in [0.4, 0.5) is 18.9 Å². The van der Waals surface area contributed by atoms with Gasteiger partial charge in [-0.15, -0.1) is 0 Å². The summed E-state index contributed by atoms with van der Waals surface area (Å²) in [6.07, 6.45) is 4.12. The number of halogens is 3. The maximum Gasteiger partial charge on any atom is 0.416 e. The van der Waals surface area contributed by atoms with Crippen LogP contribution in [-0.2, 0) is 17.6 Å². The summed E-state index contributed by atoms with van der Waals surface area (Å²) in [6.45, 7) is 11.9. The van der Waals surface area contributed by atoms with Gasteiger partial charge in [-0.25, -0.2) is 9.97 Å². The first-order chi connectivity index (χ1) is 31.3. The molecule has 4 aliphatic carbocycles. The number of aromatic nitrogens is 2. The number of ether oxygens (including phenoxy) is 2. The molecule has 10 rings (SSSR count). The quantitative estimate of drug-likeness (QED) is 0.172. The van der Waals surface area contributed by atoms with Crippen molar-refractivity contribution >= 4 is 28.4 Å². The molecule has 0 spiro atoms. The zero-order chi connectivity index (χ0) is 45.3. The largest absolute Gasteiger partial charge is 0.496 e. The van der Waals surface area contributed by atoms with E-state index in [4.69, 9.17) is 28.3 Å². The van der Waals surface area contributed by atoms with E-state index in [9.17, 15) is 22.8 Å². The SMILES string of the molecule is COc1cc(N2CCOCC2)ccc1-c1c2oc3ccc(Cc4c(C)c5nc6c(oc=5c(=C5C=CC(N7CCN(C)CC7)=CC5)c4=O)=CC(C(F)(F)F)=CC6)cc3nc-2c(C)c(C)c1=O.